The summed E-state index contributed by atoms with van der Waals surface area (Å²) in [7, 11) is 1.83. The predicted molar refractivity (Wildman–Crippen MR) is 86.6 cm³/mol. The molecule has 112 valence electrons. The number of carbonyl (C=O) groups excluding carboxylic acids is 1. The minimum absolute atomic E-state index is 0.0486. The number of hydrogen-bond donors (Lipinski definition) is 0. The second kappa shape index (κ2) is 7.11. The highest BCUT2D eigenvalue weighted by Gasteiger charge is 2.21. The number of nitrogens with zero attached hydrogens (tertiary/aromatic N) is 1. The number of amides is 1. The van der Waals surface area contributed by atoms with Gasteiger partial charge in [0, 0.05) is 13.6 Å². The molecule has 2 aromatic rings. The van der Waals surface area contributed by atoms with E-state index in [0.29, 0.717) is 6.42 Å². The van der Waals surface area contributed by atoms with Gasteiger partial charge in [-0.25, -0.2) is 0 Å². The fraction of sp³-hybridized carbons (Fsp3) is 0.389. The van der Waals surface area contributed by atoms with E-state index in [2.05, 4.69) is 13.0 Å². The third-order valence-corrected chi connectivity index (χ3v) is 3.58. The second-order valence-electron chi connectivity index (χ2n) is 5.28. The van der Waals surface area contributed by atoms with Crippen LogP contribution in [0.25, 0.3) is 10.8 Å². The summed E-state index contributed by atoms with van der Waals surface area (Å²) in [6.07, 6.45) is 1.21. The summed E-state index contributed by atoms with van der Waals surface area (Å²) in [5.74, 6) is 0.798. The maximum atomic E-state index is 12.3. The summed E-state index contributed by atoms with van der Waals surface area (Å²) in [4.78, 5) is 14.1. The SMILES string of the molecule is CCCN(C)C(=O)C(CC)Oc1ccc2ccccc2c1. The first-order valence-electron chi connectivity index (χ1n) is 7.56. The van der Waals surface area contributed by atoms with Gasteiger partial charge >= 0.3 is 0 Å². The van der Waals surface area contributed by atoms with Crippen LogP contribution >= 0.6 is 0 Å². The Morgan fingerprint density at radius 2 is 1.86 bits per heavy atom. The van der Waals surface area contributed by atoms with Crippen molar-refractivity contribution in [2.45, 2.75) is 32.8 Å². The van der Waals surface area contributed by atoms with E-state index in [1.54, 1.807) is 4.90 Å². The molecule has 0 bridgehead atoms. The van der Waals surface area contributed by atoms with Crippen LogP contribution in [0.4, 0.5) is 0 Å². The Morgan fingerprint density at radius 1 is 1.14 bits per heavy atom. The molecule has 1 unspecified atom stereocenters. The predicted octanol–water partition coefficient (Wildman–Crippen LogP) is 3.87. The van der Waals surface area contributed by atoms with Gasteiger partial charge < -0.3 is 9.64 Å². The normalized spacial score (nSPS) is 12.1. The van der Waals surface area contributed by atoms with Crippen LogP contribution in [0.1, 0.15) is 26.7 Å². The van der Waals surface area contributed by atoms with Crippen molar-refractivity contribution in [1.82, 2.24) is 4.90 Å². The summed E-state index contributed by atoms with van der Waals surface area (Å²) in [5.41, 5.74) is 0. The van der Waals surface area contributed by atoms with E-state index in [-0.39, 0.29) is 5.91 Å². The number of fused-ring (bicyclic) bond motifs is 1. The average molecular weight is 285 g/mol. The molecule has 0 radical (unpaired) electrons. The number of likely N-dealkylation sites (N-methyl/N-ethyl adjacent to an activating group) is 1. The van der Waals surface area contributed by atoms with Crippen LogP contribution in [0, 0.1) is 0 Å². The molecular weight excluding hydrogens is 262 g/mol. The number of benzene rings is 2. The summed E-state index contributed by atoms with van der Waals surface area (Å²) >= 11 is 0. The van der Waals surface area contributed by atoms with E-state index in [9.17, 15) is 4.79 Å². The van der Waals surface area contributed by atoms with Crippen molar-refractivity contribution in [3.63, 3.8) is 0 Å². The van der Waals surface area contributed by atoms with E-state index in [1.807, 2.05) is 50.4 Å². The Kier molecular flexibility index (Phi) is 5.20. The van der Waals surface area contributed by atoms with Crippen molar-refractivity contribution >= 4 is 16.7 Å². The molecule has 1 amide bonds. The fourth-order valence-corrected chi connectivity index (χ4v) is 2.40. The standard InChI is InChI=1S/C18H23NO2/c1-4-12-19(3)18(20)17(5-2)21-16-11-10-14-8-6-7-9-15(14)13-16/h6-11,13,17H,4-5,12H2,1-3H3. The van der Waals surface area contributed by atoms with Crippen molar-refractivity contribution < 1.29 is 9.53 Å². The number of hydrogen-bond acceptors (Lipinski definition) is 2. The monoisotopic (exact) mass is 285 g/mol. The van der Waals surface area contributed by atoms with E-state index >= 15 is 0 Å². The van der Waals surface area contributed by atoms with Gasteiger partial charge in [0.1, 0.15) is 5.75 Å². The van der Waals surface area contributed by atoms with Crippen molar-refractivity contribution in [3.05, 3.63) is 42.5 Å². The average Bonchev–Trinajstić information content (AvgIpc) is 2.52. The molecule has 0 N–H and O–H groups in total. The third kappa shape index (κ3) is 3.75. The molecule has 3 heteroatoms. The summed E-state index contributed by atoms with van der Waals surface area (Å²) in [6, 6.07) is 14.1. The van der Waals surface area contributed by atoms with Gasteiger partial charge in [-0.3, -0.25) is 4.79 Å². The highest BCUT2D eigenvalue weighted by Crippen LogP contribution is 2.22. The molecule has 0 aliphatic rings. The van der Waals surface area contributed by atoms with Gasteiger partial charge in [0.25, 0.3) is 5.91 Å². The van der Waals surface area contributed by atoms with Gasteiger partial charge in [-0.05, 0) is 35.7 Å². The Hall–Kier alpha value is -2.03. The van der Waals surface area contributed by atoms with Crippen LogP contribution in [0.3, 0.4) is 0 Å². The molecule has 2 rings (SSSR count). The molecule has 0 heterocycles. The van der Waals surface area contributed by atoms with Gasteiger partial charge in [0.2, 0.25) is 0 Å². The Labute approximate surface area is 126 Å². The first-order valence-corrected chi connectivity index (χ1v) is 7.56. The number of rotatable bonds is 6. The fourth-order valence-electron chi connectivity index (χ4n) is 2.40. The molecule has 0 aromatic heterocycles. The van der Waals surface area contributed by atoms with Gasteiger partial charge in [-0.1, -0.05) is 44.2 Å². The van der Waals surface area contributed by atoms with Crippen molar-refractivity contribution in [3.8, 4) is 5.75 Å². The molecular formula is C18H23NO2. The topological polar surface area (TPSA) is 29.5 Å². The van der Waals surface area contributed by atoms with Crippen molar-refractivity contribution in [1.29, 1.82) is 0 Å². The first-order chi connectivity index (χ1) is 10.2. The summed E-state index contributed by atoms with van der Waals surface area (Å²) < 4.78 is 5.91. The zero-order valence-corrected chi connectivity index (χ0v) is 13.0. The van der Waals surface area contributed by atoms with E-state index < -0.39 is 6.10 Å². The Bertz CT molecular complexity index is 609. The van der Waals surface area contributed by atoms with E-state index in [4.69, 9.17) is 4.74 Å². The Morgan fingerprint density at radius 3 is 2.52 bits per heavy atom. The molecule has 0 aliphatic carbocycles. The van der Waals surface area contributed by atoms with Gasteiger partial charge in [-0.15, -0.1) is 0 Å². The molecule has 1 atom stereocenters. The molecule has 0 saturated heterocycles. The maximum absolute atomic E-state index is 12.3. The summed E-state index contributed by atoms with van der Waals surface area (Å²) in [5, 5.41) is 2.30. The highest BCUT2D eigenvalue weighted by molar-refractivity contribution is 5.84. The van der Waals surface area contributed by atoms with Crippen LogP contribution in [-0.2, 0) is 4.79 Å². The van der Waals surface area contributed by atoms with E-state index in [1.165, 1.54) is 5.39 Å². The smallest absolute Gasteiger partial charge is 0.263 e. The quantitative estimate of drug-likeness (QED) is 0.806. The lowest BCUT2D eigenvalue weighted by Gasteiger charge is -2.23. The molecule has 0 saturated carbocycles. The van der Waals surface area contributed by atoms with Crippen molar-refractivity contribution in [2.75, 3.05) is 13.6 Å². The van der Waals surface area contributed by atoms with Crippen LogP contribution in [-0.4, -0.2) is 30.5 Å². The molecule has 0 fully saturated rings. The summed E-state index contributed by atoms with van der Waals surface area (Å²) in [6.45, 7) is 4.80. The number of ether oxygens (including phenoxy) is 1. The van der Waals surface area contributed by atoms with Crippen molar-refractivity contribution in [2.24, 2.45) is 0 Å². The second-order valence-corrected chi connectivity index (χ2v) is 5.28. The molecule has 0 aliphatic heterocycles. The Balaban J connectivity index is 2.14. The largest absolute Gasteiger partial charge is 0.481 e. The van der Waals surface area contributed by atoms with Gasteiger partial charge in [-0.2, -0.15) is 0 Å². The zero-order valence-electron chi connectivity index (χ0n) is 13.0. The van der Waals surface area contributed by atoms with E-state index in [0.717, 1.165) is 24.1 Å². The number of carbonyl (C=O) groups is 1. The zero-order chi connectivity index (χ0) is 15.2. The van der Waals surface area contributed by atoms with Crippen LogP contribution < -0.4 is 4.74 Å². The highest BCUT2D eigenvalue weighted by atomic mass is 16.5. The molecule has 21 heavy (non-hydrogen) atoms. The molecule has 0 spiro atoms. The maximum Gasteiger partial charge on any atom is 0.263 e. The lowest BCUT2D eigenvalue weighted by molar-refractivity contribution is -0.137. The third-order valence-electron chi connectivity index (χ3n) is 3.58. The van der Waals surface area contributed by atoms with Gasteiger partial charge in [0.15, 0.2) is 6.10 Å². The lowest BCUT2D eigenvalue weighted by atomic mass is 10.1. The van der Waals surface area contributed by atoms with Crippen LogP contribution in [0.15, 0.2) is 42.5 Å². The van der Waals surface area contributed by atoms with Gasteiger partial charge in [0.05, 0.1) is 0 Å². The minimum Gasteiger partial charge on any atom is -0.481 e. The van der Waals surface area contributed by atoms with Crippen LogP contribution in [0.5, 0.6) is 5.75 Å². The minimum atomic E-state index is -0.414. The van der Waals surface area contributed by atoms with Crippen LogP contribution in [0.2, 0.25) is 0 Å². The molecule has 2 aromatic carbocycles. The first kappa shape index (κ1) is 15.4. The molecule has 3 nitrogen and oxygen atoms in total. The lowest BCUT2D eigenvalue weighted by Crippen LogP contribution is -2.39.